The molecular weight excluding hydrogens is 418 g/mol. The fourth-order valence-electron chi connectivity index (χ4n) is 3.67. The van der Waals surface area contributed by atoms with Crippen molar-refractivity contribution >= 4 is 10.8 Å². The number of unbranched alkanes of at least 4 members (excludes halogenated alkanes) is 6. The molecule has 0 unspecified atom stereocenters. The molecule has 34 heavy (non-hydrogen) atoms. The Balaban J connectivity index is 1.50. The van der Waals surface area contributed by atoms with Crippen molar-refractivity contribution in [2.24, 2.45) is 5.92 Å². The van der Waals surface area contributed by atoms with Crippen molar-refractivity contribution in [3.8, 4) is 23.5 Å². The lowest BCUT2D eigenvalue weighted by atomic mass is 10.1. The van der Waals surface area contributed by atoms with Crippen LogP contribution in [0, 0.1) is 17.8 Å². The van der Waals surface area contributed by atoms with Gasteiger partial charge in [-0.25, -0.2) is 4.98 Å². The zero-order valence-electron chi connectivity index (χ0n) is 21.1. The van der Waals surface area contributed by atoms with Crippen LogP contribution in [-0.4, -0.2) is 18.2 Å². The molecule has 0 fully saturated rings. The van der Waals surface area contributed by atoms with Crippen LogP contribution in [0.4, 0.5) is 0 Å². The van der Waals surface area contributed by atoms with Crippen LogP contribution in [0.25, 0.3) is 10.8 Å². The highest BCUT2D eigenvalue weighted by Crippen LogP contribution is 2.22. The molecule has 0 saturated heterocycles. The first-order valence-corrected chi connectivity index (χ1v) is 13.0. The lowest BCUT2D eigenvalue weighted by molar-refractivity contribution is 0.248. The molecular formula is C31H39NO2. The van der Waals surface area contributed by atoms with E-state index in [1.165, 1.54) is 49.3 Å². The van der Waals surface area contributed by atoms with Gasteiger partial charge in [0.2, 0.25) is 5.88 Å². The molecule has 3 heteroatoms. The zero-order valence-corrected chi connectivity index (χ0v) is 21.1. The van der Waals surface area contributed by atoms with E-state index >= 15 is 0 Å². The van der Waals surface area contributed by atoms with E-state index in [-0.39, 0.29) is 0 Å². The summed E-state index contributed by atoms with van der Waals surface area (Å²) in [5.41, 5.74) is 1.87. The molecule has 180 valence electrons. The third-order valence-corrected chi connectivity index (χ3v) is 6.13. The van der Waals surface area contributed by atoms with Crippen LogP contribution in [0.5, 0.6) is 11.6 Å². The number of ether oxygens (including phenoxy) is 2. The van der Waals surface area contributed by atoms with E-state index in [1.54, 1.807) is 6.20 Å². The second-order valence-electron chi connectivity index (χ2n) is 9.15. The average Bonchev–Trinajstić information content (AvgIpc) is 2.88. The van der Waals surface area contributed by atoms with Crippen LogP contribution < -0.4 is 9.47 Å². The lowest BCUT2D eigenvalue weighted by Crippen LogP contribution is -2.07. The maximum atomic E-state index is 5.98. The summed E-state index contributed by atoms with van der Waals surface area (Å²) in [6.45, 7) is 8.08. The number of rotatable bonds is 13. The van der Waals surface area contributed by atoms with Gasteiger partial charge in [-0.15, -0.1) is 0 Å². The van der Waals surface area contributed by atoms with Crippen molar-refractivity contribution in [3.63, 3.8) is 0 Å². The van der Waals surface area contributed by atoms with E-state index in [0.29, 0.717) is 18.4 Å². The molecule has 3 aromatic rings. The van der Waals surface area contributed by atoms with Gasteiger partial charge in [0.05, 0.1) is 13.2 Å². The smallest absolute Gasteiger partial charge is 0.213 e. The predicted molar refractivity (Wildman–Crippen MR) is 143 cm³/mol. The topological polar surface area (TPSA) is 31.4 Å². The quantitative estimate of drug-likeness (QED) is 0.191. The van der Waals surface area contributed by atoms with Crippen LogP contribution in [0.1, 0.15) is 83.3 Å². The van der Waals surface area contributed by atoms with E-state index in [9.17, 15) is 0 Å². The van der Waals surface area contributed by atoms with Gasteiger partial charge < -0.3 is 9.47 Å². The Labute approximate surface area is 205 Å². The van der Waals surface area contributed by atoms with Gasteiger partial charge in [0.15, 0.2) is 0 Å². The largest absolute Gasteiger partial charge is 0.494 e. The Bertz CT molecular complexity index is 1060. The normalized spacial score (nSPS) is 11.6. The first kappa shape index (κ1) is 25.6. The number of benzene rings is 2. The Morgan fingerprint density at radius 1 is 0.765 bits per heavy atom. The summed E-state index contributed by atoms with van der Waals surface area (Å²) in [7, 11) is 0. The molecule has 0 amide bonds. The number of hydrogen-bond acceptors (Lipinski definition) is 3. The van der Waals surface area contributed by atoms with Gasteiger partial charge in [-0.3, -0.25) is 0 Å². The number of aromatic nitrogens is 1. The highest BCUT2D eigenvalue weighted by atomic mass is 16.5. The van der Waals surface area contributed by atoms with Crippen molar-refractivity contribution in [1.82, 2.24) is 4.98 Å². The van der Waals surface area contributed by atoms with Gasteiger partial charge in [-0.05, 0) is 53.4 Å². The van der Waals surface area contributed by atoms with Crippen molar-refractivity contribution in [3.05, 3.63) is 65.9 Å². The maximum Gasteiger partial charge on any atom is 0.213 e. The summed E-state index contributed by atoms with van der Waals surface area (Å²) >= 11 is 0. The van der Waals surface area contributed by atoms with E-state index in [1.807, 2.05) is 12.1 Å². The Kier molecular flexibility index (Phi) is 10.8. The highest BCUT2D eigenvalue weighted by molar-refractivity contribution is 5.85. The second-order valence-corrected chi connectivity index (χ2v) is 9.15. The summed E-state index contributed by atoms with van der Waals surface area (Å²) in [4.78, 5) is 4.37. The third kappa shape index (κ3) is 8.75. The zero-order chi connectivity index (χ0) is 24.0. The minimum absolute atomic E-state index is 0.530. The number of fused-ring (bicyclic) bond motifs is 1. The van der Waals surface area contributed by atoms with Crippen LogP contribution in [0.2, 0.25) is 0 Å². The Morgan fingerprint density at radius 2 is 1.47 bits per heavy atom. The molecule has 0 N–H and O–H groups in total. The number of nitrogens with zero attached hydrogens (tertiary/aromatic N) is 1. The van der Waals surface area contributed by atoms with Crippen LogP contribution in [0.15, 0.2) is 54.7 Å². The molecule has 0 aliphatic carbocycles. The van der Waals surface area contributed by atoms with Gasteiger partial charge in [0.1, 0.15) is 5.75 Å². The van der Waals surface area contributed by atoms with Gasteiger partial charge in [0, 0.05) is 23.4 Å². The van der Waals surface area contributed by atoms with Crippen LogP contribution in [0.3, 0.4) is 0 Å². The molecule has 2 aromatic carbocycles. The Hall–Kier alpha value is -2.99. The lowest BCUT2D eigenvalue weighted by Gasteiger charge is -2.09. The third-order valence-electron chi connectivity index (χ3n) is 6.13. The molecule has 1 heterocycles. The monoisotopic (exact) mass is 457 g/mol. The molecule has 0 spiro atoms. The fraction of sp³-hybridized carbons (Fsp3) is 0.452. The first-order valence-electron chi connectivity index (χ1n) is 13.0. The summed E-state index contributed by atoms with van der Waals surface area (Å²) in [5.74, 6) is 8.58. The molecule has 0 aliphatic heterocycles. The first-order chi connectivity index (χ1) is 16.7. The highest BCUT2D eigenvalue weighted by Gasteiger charge is 2.02. The van der Waals surface area contributed by atoms with Gasteiger partial charge in [-0.2, -0.15) is 0 Å². The minimum atomic E-state index is 0.530. The minimum Gasteiger partial charge on any atom is -0.494 e. The fourth-order valence-corrected chi connectivity index (χ4v) is 3.67. The molecule has 0 radical (unpaired) electrons. The van der Waals surface area contributed by atoms with Crippen molar-refractivity contribution in [2.75, 3.05) is 13.2 Å². The molecule has 1 atom stereocenters. The summed E-state index contributed by atoms with van der Waals surface area (Å²) in [5, 5.41) is 2.34. The van der Waals surface area contributed by atoms with Crippen molar-refractivity contribution in [1.29, 1.82) is 0 Å². The van der Waals surface area contributed by atoms with Crippen LogP contribution in [-0.2, 0) is 0 Å². The second kappa shape index (κ2) is 14.3. The molecule has 0 bridgehead atoms. The number of pyridine rings is 1. The predicted octanol–water partition coefficient (Wildman–Crippen LogP) is 8.19. The average molecular weight is 458 g/mol. The molecule has 0 saturated carbocycles. The maximum absolute atomic E-state index is 5.98. The molecule has 0 aliphatic rings. The van der Waals surface area contributed by atoms with Crippen molar-refractivity contribution < 1.29 is 9.47 Å². The SMILES string of the molecule is CCCCCCCCCOc1ccc2cc(C#Cc3ccc(OC[C@@H](C)CC)nc3)ccc2c1. The van der Waals surface area contributed by atoms with E-state index in [2.05, 4.69) is 74.0 Å². The van der Waals surface area contributed by atoms with Gasteiger partial charge >= 0.3 is 0 Å². The van der Waals surface area contributed by atoms with E-state index < -0.39 is 0 Å². The molecule has 1 aromatic heterocycles. The van der Waals surface area contributed by atoms with Gasteiger partial charge in [-0.1, -0.05) is 89.7 Å². The summed E-state index contributed by atoms with van der Waals surface area (Å²) in [6.07, 6.45) is 11.9. The molecule has 3 rings (SSSR count). The summed E-state index contributed by atoms with van der Waals surface area (Å²) < 4.78 is 11.7. The van der Waals surface area contributed by atoms with E-state index in [0.717, 1.165) is 36.3 Å². The Morgan fingerprint density at radius 3 is 2.24 bits per heavy atom. The van der Waals surface area contributed by atoms with Crippen LogP contribution >= 0.6 is 0 Å². The van der Waals surface area contributed by atoms with Gasteiger partial charge in [0.25, 0.3) is 0 Å². The summed E-state index contributed by atoms with van der Waals surface area (Å²) in [6, 6.07) is 16.4. The molecule has 3 nitrogen and oxygen atoms in total. The number of hydrogen-bond donors (Lipinski definition) is 0. The van der Waals surface area contributed by atoms with E-state index in [4.69, 9.17) is 9.47 Å². The standard InChI is InChI=1S/C31H39NO2/c1-4-6-7-8-9-10-11-20-33-30-18-17-28-21-26(14-16-29(28)22-30)12-13-27-15-19-31(32-23-27)34-24-25(3)5-2/h14-19,21-23,25H,4-11,20,24H2,1-3H3/t25-/m0/s1. The van der Waals surface area contributed by atoms with Crippen molar-refractivity contribution in [2.45, 2.75) is 72.1 Å².